The third-order valence-corrected chi connectivity index (χ3v) is 2.66. The van der Waals surface area contributed by atoms with Crippen molar-refractivity contribution < 1.29 is 0 Å². The number of hydrogen-bond donors (Lipinski definition) is 2. The molecule has 0 bridgehead atoms. The van der Waals surface area contributed by atoms with Gasteiger partial charge in [-0.1, -0.05) is 41.5 Å². The first-order valence-electron chi connectivity index (χ1n) is 4.07. The van der Waals surface area contributed by atoms with E-state index in [9.17, 15) is 0 Å². The number of hydrogen-bond acceptors (Lipinski definition) is 2. The van der Waals surface area contributed by atoms with E-state index in [2.05, 4.69) is 5.32 Å². The molecule has 1 rings (SSSR count). The summed E-state index contributed by atoms with van der Waals surface area (Å²) in [4.78, 5) is 0.482. The number of anilines is 1. The van der Waals surface area contributed by atoms with Gasteiger partial charge in [0, 0.05) is 13.0 Å². The van der Waals surface area contributed by atoms with Crippen LogP contribution in [0.2, 0.25) is 10.0 Å². The Bertz CT molecular complexity index is 342. The standard InChI is InChI=1S/C9H10Cl2N2S/c10-6-2-1-3-7(9(6)11)13-5-4-8(12)14/h1-3,13H,4-5H2,(H2,12,14). The first-order valence-corrected chi connectivity index (χ1v) is 5.24. The second-order valence-electron chi connectivity index (χ2n) is 2.74. The maximum Gasteiger partial charge on any atom is 0.0823 e. The molecule has 3 N–H and O–H groups in total. The Balaban J connectivity index is 2.59. The van der Waals surface area contributed by atoms with Crippen LogP contribution >= 0.6 is 35.4 Å². The maximum absolute atomic E-state index is 5.95. The molecule has 0 heterocycles. The molecule has 5 heteroatoms. The van der Waals surface area contributed by atoms with Crippen molar-refractivity contribution in [1.82, 2.24) is 0 Å². The minimum absolute atomic E-state index is 0.482. The van der Waals surface area contributed by atoms with Crippen molar-refractivity contribution in [2.24, 2.45) is 5.73 Å². The lowest BCUT2D eigenvalue weighted by Gasteiger charge is -2.08. The molecular weight excluding hydrogens is 239 g/mol. The average molecular weight is 249 g/mol. The predicted molar refractivity (Wildman–Crippen MR) is 66.4 cm³/mol. The van der Waals surface area contributed by atoms with Gasteiger partial charge < -0.3 is 11.1 Å². The lowest BCUT2D eigenvalue weighted by atomic mass is 10.3. The van der Waals surface area contributed by atoms with E-state index in [1.807, 2.05) is 12.1 Å². The highest BCUT2D eigenvalue weighted by Gasteiger charge is 2.02. The molecule has 1 aromatic carbocycles. The molecule has 0 spiro atoms. The molecule has 0 aliphatic heterocycles. The minimum atomic E-state index is 0.482. The highest BCUT2D eigenvalue weighted by molar-refractivity contribution is 7.80. The summed E-state index contributed by atoms with van der Waals surface area (Å²) >= 11 is 16.5. The van der Waals surface area contributed by atoms with Gasteiger partial charge in [0.1, 0.15) is 0 Å². The van der Waals surface area contributed by atoms with E-state index in [1.54, 1.807) is 6.07 Å². The summed E-state index contributed by atoms with van der Waals surface area (Å²) in [5, 5.41) is 4.16. The van der Waals surface area contributed by atoms with Crippen LogP contribution in [0, 0.1) is 0 Å². The molecule has 14 heavy (non-hydrogen) atoms. The van der Waals surface area contributed by atoms with Crippen LogP contribution in [0.4, 0.5) is 5.69 Å². The quantitative estimate of drug-likeness (QED) is 0.805. The normalized spacial score (nSPS) is 9.86. The van der Waals surface area contributed by atoms with E-state index in [-0.39, 0.29) is 0 Å². The summed E-state index contributed by atoms with van der Waals surface area (Å²) in [5.74, 6) is 0. The molecular formula is C9H10Cl2N2S. The lowest BCUT2D eigenvalue weighted by Crippen LogP contribution is -2.14. The molecule has 0 aromatic heterocycles. The van der Waals surface area contributed by atoms with Crippen LogP contribution < -0.4 is 11.1 Å². The summed E-state index contributed by atoms with van der Waals surface area (Å²) in [6, 6.07) is 5.42. The van der Waals surface area contributed by atoms with Gasteiger partial charge in [0.15, 0.2) is 0 Å². The third-order valence-electron chi connectivity index (χ3n) is 1.64. The summed E-state index contributed by atoms with van der Waals surface area (Å²) in [7, 11) is 0. The fourth-order valence-electron chi connectivity index (χ4n) is 0.961. The molecule has 76 valence electrons. The molecule has 2 nitrogen and oxygen atoms in total. The first kappa shape index (κ1) is 11.6. The minimum Gasteiger partial charge on any atom is -0.393 e. The Hall–Kier alpha value is -0.510. The molecule has 0 aliphatic carbocycles. The van der Waals surface area contributed by atoms with Crippen molar-refractivity contribution in [3.05, 3.63) is 28.2 Å². The van der Waals surface area contributed by atoms with Crippen molar-refractivity contribution in [2.75, 3.05) is 11.9 Å². The fraction of sp³-hybridized carbons (Fsp3) is 0.222. The molecule has 0 radical (unpaired) electrons. The Labute approximate surface area is 98.4 Å². The fourth-order valence-corrected chi connectivity index (χ4v) is 1.43. The van der Waals surface area contributed by atoms with Crippen molar-refractivity contribution in [2.45, 2.75) is 6.42 Å². The second kappa shape index (κ2) is 5.39. The second-order valence-corrected chi connectivity index (χ2v) is 4.05. The van der Waals surface area contributed by atoms with Gasteiger partial charge in [0.05, 0.1) is 20.7 Å². The number of thiocarbonyl (C=S) groups is 1. The van der Waals surface area contributed by atoms with Crippen molar-refractivity contribution in [3.63, 3.8) is 0 Å². The van der Waals surface area contributed by atoms with Gasteiger partial charge in [-0.05, 0) is 12.1 Å². The summed E-state index contributed by atoms with van der Waals surface area (Å²) in [6.45, 7) is 0.662. The maximum atomic E-state index is 5.95. The molecule has 0 amide bonds. The molecule has 0 fully saturated rings. The van der Waals surface area contributed by atoms with Gasteiger partial charge in [0.2, 0.25) is 0 Å². The van der Waals surface area contributed by atoms with Crippen molar-refractivity contribution >= 4 is 46.1 Å². The van der Waals surface area contributed by atoms with E-state index in [4.69, 9.17) is 41.2 Å². The summed E-state index contributed by atoms with van der Waals surface area (Å²) < 4.78 is 0. The van der Waals surface area contributed by atoms with E-state index >= 15 is 0 Å². The Morgan fingerprint density at radius 1 is 1.43 bits per heavy atom. The smallest absolute Gasteiger partial charge is 0.0823 e. The van der Waals surface area contributed by atoms with Crippen LogP contribution in [0.3, 0.4) is 0 Å². The van der Waals surface area contributed by atoms with Crippen LogP contribution in [-0.2, 0) is 0 Å². The highest BCUT2D eigenvalue weighted by Crippen LogP contribution is 2.29. The summed E-state index contributed by atoms with van der Waals surface area (Å²) in [5.41, 5.74) is 6.16. The van der Waals surface area contributed by atoms with Crippen LogP contribution in [0.25, 0.3) is 0 Å². The molecule has 0 saturated carbocycles. The number of rotatable bonds is 4. The highest BCUT2D eigenvalue weighted by atomic mass is 35.5. The monoisotopic (exact) mass is 248 g/mol. The Kier molecular flexibility index (Phi) is 4.45. The number of benzene rings is 1. The van der Waals surface area contributed by atoms with Gasteiger partial charge in [-0.25, -0.2) is 0 Å². The van der Waals surface area contributed by atoms with Crippen LogP contribution in [-0.4, -0.2) is 11.5 Å². The van der Waals surface area contributed by atoms with E-state index in [1.165, 1.54) is 0 Å². The first-order chi connectivity index (χ1) is 6.61. The van der Waals surface area contributed by atoms with Crippen molar-refractivity contribution in [3.8, 4) is 0 Å². The largest absolute Gasteiger partial charge is 0.393 e. The number of nitrogens with two attached hydrogens (primary N) is 1. The third kappa shape index (κ3) is 3.33. The molecule has 0 atom stereocenters. The van der Waals surface area contributed by atoms with Crippen molar-refractivity contribution in [1.29, 1.82) is 0 Å². The van der Waals surface area contributed by atoms with Crippen LogP contribution in [0.5, 0.6) is 0 Å². The zero-order chi connectivity index (χ0) is 10.6. The van der Waals surface area contributed by atoms with Gasteiger partial charge in [-0.3, -0.25) is 0 Å². The van der Waals surface area contributed by atoms with E-state index < -0.39 is 0 Å². The topological polar surface area (TPSA) is 38.0 Å². The zero-order valence-corrected chi connectivity index (χ0v) is 9.72. The molecule has 0 unspecified atom stereocenters. The van der Waals surface area contributed by atoms with Gasteiger partial charge in [-0.2, -0.15) is 0 Å². The summed E-state index contributed by atoms with van der Waals surface area (Å²) in [6.07, 6.45) is 0.637. The Morgan fingerprint density at radius 2 is 2.14 bits per heavy atom. The SMILES string of the molecule is NC(=S)CCNc1cccc(Cl)c1Cl. The average Bonchev–Trinajstić information content (AvgIpc) is 2.12. The zero-order valence-electron chi connectivity index (χ0n) is 7.39. The number of halogens is 2. The van der Waals surface area contributed by atoms with Crippen LogP contribution in [0.1, 0.15) is 6.42 Å². The molecule has 1 aromatic rings. The predicted octanol–water partition coefficient (Wildman–Crippen LogP) is 3.08. The Morgan fingerprint density at radius 3 is 2.79 bits per heavy atom. The van der Waals surface area contributed by atoms with E-state index in [0.717, 1.165) is 5.69 Å². The van der Waals surface area contributed by atoms with E-state index in [0.29, 0.717) is 28.0 Å². The molecule has 0 aliphatic rings. The van der Waals surface area contributed by atoms with Gasteiger partial charge in [0.25, 0.3) is 0 Å². The number of nitrogens with one attached hydrogen (secondary N) is 1. The van der Waals surface area contributed by atoms with Gasteiger partial charge in [-0.15, -0.1) is 0 Å². The lowest BCUT2D eigenvalue weighted by molar-refractivity contribution is 1.11. The van der Waals surface area contributed by atoms with Gasteiger partial charge >= 0.3 is 0 Å². The molecule has 0 saturated heterocycles. The van der Waals surface area contributed by atoms with Crippen LogP contribution in [0.15, 0.2) is 18.2 Å².